The molecule has 0 radical (unpaired) electrons. The van der Waals surface area contributed by atoms with Gasteiger partial charge in [-0.05, 0) is 55.2 Å². The van der Waals surface area contributed by atoms with Crippen LogP contribution < -0.4 is 9.47 Å². The van der Waals surface area contributed by atoms with E-state index in [0.717, 1.165) is 61.2 Å². The average molecular weight is 632 g/mol. The Kier molecular flexibility index (Phi) is 25.9. The van der Waals surface area contributed by atoms with E-state index in [4.69, 9.17) is 14.0 Å². The molecule has 0 saturated heterocycles. The third kappa shape index (κ3) is 21.4. The second-order valence-electron chi connectivity index (χ2n) is 13.9. The van der Waals surface area contributed by atoms with Crippen molar-refractivity contribution in [2.75, 3.05) is 13.2 Å². The lowest BCUT2D eigenvalue weighted by Crippen LogP contribution is -2.21. The van der Waals surface area contributed by atoms with E-state index in [2.05, 4.69) is 62.3 Å². The summed E-state index contributed by atoms with van der Waals surface area (Å²) in [7, 11) is 2.36. The van der Waals surface area contributed by atoms with Crippen molar-refractivity contribution in [3.63, 3.8) is 0 Å². The van der Waals surface area contributed by atoms with E-state index in [1.165, 1.54) is 103 Å². The zero-order chi connectivity index (χ0) is 32.3. The number of unbranched alkanes of at least 4 members (excludes halogenated alkanes) is 14. The molecule has 1 rings (SSSR count). The minimum absolute atomic E-state index is 0.0782. The van der Waals surface area contributed by atoms with Gasteiger partial charge in [0.15, 0.2) is 11.5 Å². The van der Waals surface area contributed by atoms with Gasteiger partial charge in [0.05, 0.1) is 31.3 Å². The number of benzene rings is 1. The fourth-order valence-corrected chi connectivity index (χ4v) is 6.19. The first kappa shape index (κ1) is 40.7. The fourth-order valence-electron chi connectivity index (χ4n) is 5.87. The molecule has 0 aliphatic rings. The zero-order valence-corrected chi connectivity index (χ0v) is 30.7. The minimum atomic E-state index is -0.187. The maximum atomic E-state index is 9.85. The van der Waals surface area contributed by atoms with Gasteiger partial charge in [-0.3, -0.25) is 0 Å². The molecule has 44 heavy (non-hydrogen) atoms. The van der Waals surface area contributed by atoms with Gasteiger partial charge >= 0.3 is 0 Å². The van der Waals surface area contributed by atoms with E-state index in [1.54, 1.807) is 0 Å². The Labute approximate surface area is 276 Å². The van der Waals surface area contributed by atoms with Crippen LogP contribution in [0.15, 0.2) is 18.2 Å². The highest BCUT2D eigenvalue weighted by Gasteiger charge is 2.21. The summed E-state index contributed by atoms with van der Waals surface area (Å²) in [5.74, 6) is 3.14. The molecule has 0 saturated carbocycles. The summed E-state index contributed by atoms with van der Waals surface area (Å²) in [5, 5.41) is 9.85. The monoisotopic (exact) mass is 632 g/mol. The highest BCUT2D eigenvalue weighted by molar-refractivity contribution is 7.09. The minimum Gasteiger partial charge on any atom is -0.490 e. The maximum Gasteiger partial charge on any atom is 0.161 e. The molecular weight excluding hydrogens is 561 g/mol. The van der Waals surface area contributed by atoms with Gasteiger partial charge in [0.1, 0.15) is 0 Å². The number of nitriles is 1. The average Bonchev–Trinajstić information content (AvgIpc) is 3.00. The first-order valence-electron chi connectivity index (χ1n) is 18.5. The summed E-state index contributed by atoms with van der Waals surface area (Å²) >= 11 is 0. The Hall–Kier alpha value is -1.30. The third-order valence-electron chi connectivity index (χ3n) is 8.69. The first-order valence-corrected chi connectivity index (χ1v) is 19.0. The van der Waals surface area contributed by atoms with Crippen LogP contribution in [0.4, 0.5) is 0 Å². The number of ether oxygens (including phenoxy) is 2. The predicted octanol–water partition coefficient (Wildman–Crippen LogP) is 12.4. The standard InChI is InChI=1S/C39H70NO3P/c1-6-23-37(43-44)36(32-40)30-35-26-27-38(41-28-21-17-13-9-7-11-15-19-24-33(2)3)39(31-35)42-29-22-18-14-10-8-12-16-20-25-34(4)5/h26-27,31,33-34,36-37H,6-25,28-30,44H2,1-5H3. The summed E-state index contributed by atoms with van der Waals surface area (Å²) in [6, 6.07) is 8.72. The zero-order valence-electron chi connectivity index (χ0n) is 29.6. The number of hydrogen-bond acceptors (Lipinski definition) is 4. The van der Waals surface area contributed by atoms with Crippen LogP contribution in [0.25, 0.3) is 0 Å². The molecule has 5 heteroatoms. The largest absolute Gasteiger partial charge is 0.490 e. The summed E-state index contributed by atoms with van der Waals surface area (Å²) < 4.78 is 18.2. The van der Waals surface area contributed by atoms with Crippen molar-refractivity contribution in [3.05, 3.63) is 23.8 Å². The van der Waals surface area contributed by atoms with Crippen LogP contribution in [0.3, 0.4) is 0 Å². The van der Waals surface area contributed by atoms with Gasteiger partial charge in [-0.2, -0.15) is 5.26 Å². The van der Waals surface area contributed by atoms with Crippen molar-refractivity contribution in [1.29, 1.82) is 5.26 Å². The summed E-state index contributed by atoms with van der Waals surface area (Å²) in [6.07, 6.45) is 26.0. The molecule has 4 nitrogen and oxygen atoms in total. The summed E-state index contributed by atoms with van der Waals surface area (Å²) in [5.41, 5.74) is 1.10. The van der Waals surface area contributed by atoms with Gasteiger partial charge in [0.2, 0.25) is 0 Å². The van der Waals surface area contributed by atoms with Crippen molar-refractivity contribution in [3.8, 4) is 17.6 Å². The third-order valence-corrected chi connectivity index (χ3v) is 9.04. The van der Waals surface area contributed by atoms with Crippen LogP contribution in [0.1, 0.15) is 169 Å². The lowest BCUT2D eigenvalue weighted by Gasteiger charge is -2.20. The van der Waals surface area contributed by atoms with E-state index < -0.39 is 0 Å². The smallest absolute Gasteiger partial charge is 0.161 e. The van der Waals surface area contributed by atoms with Gasteiger partial charge in [-0.1, -0.05) is 150 Å². The molecule has 0 N–H and O–H groups in total. The van der Waals surface area contributed by atoms with Gasteiger partial charge in [-0.25, -0.2) is 0 Å². The maximum absolute atomic E-state index is 9.85. The molecular formula is C39H70NO3P. The molecule has 254 valence electrons. The van der Waals surface area contributed by atoms with Crippen molar-refractivity contribution in [2.45, 2.75) is 176 Å². The van der Waals surface area contributed by atoms with E-state index in [-0.39, 0.29) is 12.0 Å². The van der Waals surface area contributed by atoms with Gasteiger partial charge in [0, 0.05) is 9.47 Å². The molecule has 0 fully saturated rings. The van der Waals surface area contributed by atoms with E-state index >= 15 is 0 Å². The highest BCUT2D eigenvalue weighted by Crippen LogP contribution is 2.31. The van der Waals surface area contributed by atoms with Crippen molar-refractivity contribution < 1.29 is 14.0 Å². The SMILES string of the molecule is CCCC(OP)C(C#N)Cc1ccc(OCCCCCCCCCCC(C)C)c(OCCCCCCCCCCC(C)C)c1. The van der Waals surface area contributed by atoms with Crippen molar-refractivity contribution in [2.24, 2.45) is 17.8 Å². The molecule has 1 aromatic rings. The van der Waals surface area contributed by atoms with Crippen LogP contribution in [-0.4, -0.2) is 19.3 Å². The van der Waals surface area contributed by atoms with Gasteiger partial charge in [0.25, 0.3) is 0 Å². The highest BCUT2D eigenvalue weighted by atomic mass is 31.0. The van der Waals surface area contributed by atoms with E-state index in [0.29, 0.717) is 13.0 Å². The normalized spacial score (nSPS) is 12.9. The van der Waals surface area contributed by atoms with Crippen LogP contribution in [0, 0.1) is 29.1 Å². The molecule has 0 heterocycles. The Morgan fingerprint density at radius 1 is 0.636 bits per heavy atom. The summed E-state index contributed by atoms with van der Waals surface area (Å²) in [4.78, 5) is 0. The van der Waals surface area contributed by atoms with Crippen LogP contribution in [0.5, 0.6) is 11.5 Å². The van der Waals surface area contributed by atoms with Crippen LogP contribution in [0.2, 0.25) is 0 Å². The quantitative estimate of drug-likeness (QED) is 0.0626. The number of rotatable bonds is 30. The fraction of sp³-hybridized carbons (Fsp3) is 0.821. The Balaban J connectivity index is 2.51. The Morgan fingerprint density at radius 3 is 1.52 bits per heavy atom. The van der Waals surface area contributed by atoms with Gasteiger partial charge < -0.3 is 14.0 Å². The van der Waals surface area contributed by atoms with E-state index in [1.807, 2.05) is 6.07 Å². The first-order chi connectivity index (χ1) is 21.4. The molecule has 0 aromatic heterocycles. The lowest BCUT2D eigenvalue weighted by atomic mass is 9.92. The van der Waals surface area contributed by atoms with Crippen LogP contribution in [-0.2, 0) is 10.9 Å². The molecule has 0 aliphatic heterocycles. The summed E-state index contributed by atoms with van der Waals surface area (Å²) in [6.45, 7) is 12.8. The molecule has 3 atom stereocenters. The second-order valence-corrected chi connectivity index (χ2v) is 14.2. The lowest BCUT2D eigenvalue weighted by molar-refractivity contribution is 0.177. The van der Waals surface area contributed by atoms with Crippen molar-refractivity contribution >= 4 is 9.47 Å². The molecule has 0 spiro atoms. The predicted molar refractivity (Wildman–Crippen MR) is 193 cm³/mol. The number of nitrogens with zero attached hydrogens (tertiary/aromatic N) is 1. The molecule has 0 bridgehead atoms. The van der Waals surface area contributed by atoms with Crippen LogP contribution >= 0.6 is 9.47 Å². The Bertz CT molecular complexity index is 837. The topological polar surface area (TPSA) is 51.5 Å². The van der Waals surface area contributed by atoms with E-state index in [9.17, 15) is 5.26 Å². The Morgan fingerprint density at radius 2 is 1.09 bits per heavy atom. The molecule has 0 amide bonds. The van der Waals surface area contributed by atoms with Crippen molar-refractivity contribution in [1.82, 2.24) is 0 Å². The second kappa shape index (κ2) is 28.0. The molecule has 0 aliphatic carbocycles. The number of hydrogen-bond donors (Lipinski definition) is 0. The van der Waals surface area contributed by atoms with Gasteiger partial charge in [-0.15, -0.1) is 0 Å². The molecule has 3 unspecified atom stereocenters. The molecule has 1 aromatic carbocycles.